The van der Waals surface area contributed by atoms with Crippen LogP contribution in [0.5, 0.6) is 0 Å². The minimum atomic E-state index is -3.81. The van der Waals surface area contributed by atoms with Gasteiger partial charge in [-0.15, -0.1) is 0 Å². The lowest BCUT2D eigenvalue weighted by Crippen LogP contribution is -1.73. The van der Waals surface area contributed by atoms with Gasteiger partial charge in [-0.05, 0) is 35.4 Å². The van der Waals surface area contributed by atoms with Gasteiger partial charge in [-0.3, -0.25) is 0 Å². The Morgan fingerprint density at radius 3 is 0.410 bits per heavy atom. The fourth-order valence-corrected chi connectivity index (χ4v) is 2.56. The lowest BCUT2D eigenvalue weighted by Gasteiger charge is -1.93. The maximum atomic E-state index is 7.56. The molecule has 0 bridgehead atoms. The molecular weight excluding hydrogens is 621 g/mol. The standard InChI is InChI=1S/3C8H18.3H3O3PS/c3*1-3-5-7-8-6-4-2;3*1-4(2,3)5/h3*3-8H2,1-2H3;3*(H3,1,2,3,5). The molecule has 0 atom stereocenters. The fraction of sp³-hybridized carbons (Fsp3) is 1.00. The number of hydrogen-bond donors (Lipinski definition) is 9. The van der Waals surface area contributed by atoms with Crippen LogP contribution in [-0.2, 0) is 35.4 Å². The van der Waals surface area contributed by atoms with Gasteiger partial charge in [0.05, 0.1) is 0 Å². The van der Waals surface area contributed by atoms with Gasteiger partial charge in [-0.1, -0.05) is 157 Å². The van der Waals surface area contributed by atoms with Crippen LogP contribution in [0.1, 0.15) is 157 Å². The quantitative estimate of drug-likeness (QED) is 0.0607. The van der Waals surface area contributed by atoms with Crippen LogP contribution in [0, 0.1) is 0 Å². The first kappa shape index (κ1) is 53.2. The van der Waals surface area contributed by atoms with Gasteiger partial charge in [0.2, 0.25) is 0 Å². The van der Waals surface area contributed by atoms with Crippen LogP contribution in [0.25, 0.3) is 0 Å². The van der Waals surface area contributed by atoms with Crippen molar-refractivity contribution >= 4 is 55.6 Å². The third kappa shape index (κ3) is 203. The molecule has 0 rings (SSSR count). The molecule has 0 radical (unpaired) electrons. The van der Waals surface area contributed by atoms with E-state index >= 15 is 0 Å². The molecule has 0 aromatic rings. The molecule has 0 heterocycles. The summed E-state index contributed by atoms with van der Waals surface area (Å²) in [6, 6.07) is 0. The molecule has 0 aliphatic carbocycles. The lowest BCUT2D eigenvalue weighted by atomic mass is 10.1. The first-order chi connectivity index (χ1) is 17.7. The number of rotatable bonds is 15. The van der Waals surface area contributed by atoms with Crippen molar-refractivity contribution in [1.82, 2.24) is 0 Å². The summed E-state index contributed by atoms with van der Waals surface area (Å²) in [4.78, 5) is 68.0. The summed E-state index contributed by atoms with van der Waals surface area (Å²) in [6.07, 6.45) is 25.5. The zero-order chi connectivity index (χ0) is 32.2. The molecule has 0 amide bonds. The van der Waals surface area contributed by atoms with Crippen LogP contribution in [0.2, 0.25) is 0 Å². The molecule has 0 saturated heterocycles. The first-order valence-electron chi connectivity index (χ1n) is 14.1. The number of unbranched alkanes of at least 4 members (excludes halogenated alkanes) is 15. The summed E-state index contributed by atoms with van der Waals surface area (Å²) in [5, 5.41) is 0. The average molecular weight is 685 g/mol. The van der Waals surface area contributed by atoms with E-state index in [1.165, 1.54) is 116 Å². The maximum Gasteiger partial charge on any atom is 0.319 e. The van der Waals surface area contributed by atoms with Crippen molar-refractivity contribution in [3.63, 3.8) is 0 Å². The summed E-state index contributed by atoms with van der Waals surface area (Å²) in [7, 11) is 0. The largest absolute Gasteiger partial charge is 0.325 e. The van der Waals surface area contributed by atoms with Gasteiger partial charge in [0, 0.05) is 0 Å². The van der Waals surface area contributed by atoms with Crippen molar-refractivity contribution in [2.24, 2.45) is 0 Å². The van der Waals surface area contributed by atoms with Crippen molar-refractivity contribution < 1.29 is 44.0 Å². The van der Waals surface area contributed by atoms with Crippen LogP contribution in [0.3, 0.4) is 0 Å². The minimum absolute atomic E-state index is 1.36. The first-order valence-corrected chi connectivity index (χ1v) is 22.1. The van der Waals surface area contributed by atoms with Gasteiger partial charge in [0.25, 0.3) is 0 Å². The van der Waals surface area contributed by atoms with Crippen LogP contribution < -0.4 is 0 Å². The summed E-state index contributed by atoms with van der Waals surface area (Å²) in [6.45, 7) is 2.12. The van der Waals surface area contributed by atoms with Gasteiger partial charge in [-0.2, -0.15) is 0 Å². The van der Waals surface area contributed by atoms with E-state index in [0.717, 1.165) is 0 Å². The second kappa shape index (κ2) is 41.7. The minimum Gasteiger partial charge on any atom is -0.325 e. The van der Waals surface area contributed by atoms with E-state index in [0.29, 0.717) is 0 Å². The van der Waals surface area contributed by atoms with E-state index in [-0.39, 0.29) is 0 Å². The molecule has 246 valence electrons. The van der Waals surface area contributed by atoms with E-state index in [9.17, 15) is 0 Å². The zero-order valence-electron chi connectivity index (χ0n) is 25.3. The molecular formula is C24H63O9P3S3. The van der Waals surface area contributed by atoms with Crippen LogP contribution in [0.15, 0.2) is 0 Å². The summed E-state index contributed by atoms with van der Waals surface area (Å²) in [5.41, 5.74) is 0. The third-order valence-corrected chi connectivity index (χ3v) is 4.37. The second-order valence-corrected chi connectivity index (χ2v) is 16.3. The summed E-state index contributed by atoms with van der Waals surface area (Å²) in [5.74, 6) is 0. The Labute approximate surface area is 255 Å². The van der Waals surface area contributed by atoms with Crippen molar-refractivity contribution in [1.29, 1.82) is 0 Å². The molecule has 0 unspecified atom stereocenters. The van der Waals surface area contributed by atoms with Gasteiger partial charge < -0.3 is 44.0 Å². The van der Waals surface area contributed by atoms with E-state index < -0.39 is 20.2 Å². The Bertz CT molecular complexity index is 439. The molecule has 0 saturated carbocycles. The predicted octanol–water partition coefficient (Wildman–Crippen LogP) is 7.66. The van der Waals surface area contributed by atoms with E-state index in [2.05, 4.69) is 77.0 Å². The Morgan fingerprint density at radius 1 is 0.282 bits per heavy atom. The van der Waals surface area contributed by atoms with Gasteiger partial charge >= 0.3 is 20.2 Å². The van der Waals surface area contributed by atoms with E-state index in [1.807, 2.05) is 0 Å². The highest BCUT2D eigenvalue weighted by molar-refractivity contribution is 8.06. The Kier molecular flexibility index (Phi) is 56.9. The highest BCUT2D eigenvalue weighted by Crippen LogP contribution is 2.27. The monoisotopic (exact) mass is 684 g/mol. The highest BCUT2D eigenvalue weighted by Gasteiger charge is 1.93. The number of hydrogen-bond acceptors (Lipinski definition) is 3. The van der Waals surface area contributed by atoms with Crippen molar-refractivity contribution in [2.45, 2.75) is 157 Å². The SMILES string of the molecule is CCCCCCCC.CCCCCCCC.CCCCCCCC.OP(O)(O)=S.OP(O)(O)=S.OP(O)(O)=S. The summed E-state index contributed by atoms with van der Waals surface area (Å²) >= 11 is 10.8. The second-order valence-electron chi connectivity index (χ2n) is 8.78. The molecule has 9 N–H and O–H groups in total. The highest BCUT2D eigenvalue weighted by atomic mass is 32.5. The molecule has 0 aromatic carbocycles. The molecule has 0 aromatic heterocycles. The van der Waals surface area contributed by atoms with Crippen molar-refractivity contribution in [2.75, 3.05) is 0 Å². The van der Waals surface area contributed by atoms with Gasteiger partial charge in [-0.25, -0.2) is 0 Å². The topological polar surface area (TPSA) is 182 Å². The predicted molar refractivity (Wildman–Crippen MR) is 180 cm³/mol. The molecule has 0 fully saturated rings. The molecule has 9 nitrogen and oxygen atoms in total. The van der Waals surface area contributed by atoms with Gasteiger partial charge in [0.1, 0.15) is 0 Å². The van der Waals surface area contributed by atoms with E-state index in [4.69, 9.17) is 44.0 Å². The average Bonchev–Trinajstić information content (AvgIpc) is 2.75. The molecule has 0 spiro atoms. The molecule has 0 aliphatic rings. The molecule has 0 aliphatic heterocycles. The zero-order valence-corrected chi connectivity index (χ0v) is 30.5. The smallest absolute Gasteiger partial charge is 0.319 e. The Hall–Kier alpha value is 1.59. The molecule has 39 heavy (non-hydrogen) atoms. The summed E-state index contributed by atoms with van der Waals surface area (Å²) < 4.78 is 0. The third-order valence-electron chi connectivity index (χ3n) is 4.37. The van der Waals surface area contributed by atoms with Crippen LogP contribution in [0.4, 0.5) is 0 Å². The normalized spacial score (nSPS) is 10.5. The molecule has 15 heteroatoms. The van der Waals surface area contributed by atoms with Gasteiger partial charge in [0.15, 0.2) is 0 Å². The van der Waals surface area contributed by atoms with E-state index in [1.54, 1.807) is 0 Å². The fourth-order valence-electron chi connectivity index (χ4n) is 2.56. The van der Waals surface area contributed by atoms with Crippen molar-refractivity contribution in [3.8, 4) is 0 Å². The van der Waals surface area contributed by atoms with Crippen molar-refractivity contribution in [3.05, 3.63) is 0 Å². The van der Waals surface area contributed by atoms with Crippen LogP contribution in [-0.4, -0.2) is 44.0 Å². The Balaban J connectivity index is -0.0000000850. The maximum absolute atomic E-state index is 7.56. The Morgan fingerprint density at radius 2 is 0.359 bits per heavy atom. The lowest BCUT2D eigenvalue weighted by molar-refractivity contribution is 0.361. The van der Waals surface area contributed by atoms with Crippen LogP contribution >= 0.6 is 20.2 Å².